The summed E-state index contributed by atoms with van der Waals surface area (Å²) in [7, 11) is -3.78. The zero-order valence-corrected chi connectivity index (χ0v) is 15.7. The summed E-state index contributed by atoms with van der Waals surface area (Å²) in [6.07, 6.45) is 0.781. The molecule has 0 aliphatic rings. The molecule has 1 atom stereocenters. The summed E-state index contributed by atoms with van der Waals surface area (Å²) in [6, 6.07) is 22.6. The van der Waals surface area contributed by atoms with Crippen LogP contribution in [-0.4, -0.2) is 14.7 Å². The molecule has 0 saturated heterocycles. The molecule has 27 heavy (non-hydrogen) atoms. The fraction of sp³-hybridized carbons (Fsp3) is 0.136. The fourth-order valence-electron chi connectivity index (χ4n) is 2.79. The first-order valence-electron chi connectivity index (χ1n) is 8.59. The van der Waals surface area contributed by atoms with Crippen LogP contribution >= 0.6 is 0 Å². The molecule has 0 saturated carbocycles. The number of carbonyl (C=O) groups excluding carboxylic acids is 1. The number of hydrogen-bond donors (Lipinski definition) is 0. The molecule has 4 nitrogen and oxygen atoms in total. The largest absolute Gasteiger partial charge is 0.487 e. The Labute approximate surface area is 159 Å². The van der Waals surface area contributed by atoms with Gasteiger partial charge in [0.05, 0.1) is 4.90 Å². The number of aldehydes is 1. The molecular weight excluding hydrogens is 360 g/mol. The summed E-state index contributed by atoms with van der Waals surface area (Å²) in [6.45, 7) is 1.93. The van der Waals surface area contributed by atoms with Crippen molar-refractivity contribution in [3.63, 3.8) is 0 Å². The third-order valence-corrected chi connectivity index (χ3v) is 6.07. The second-order valence-electron chi connectivity index (χ2n) is 6.19. The van der Waals surface area contributed by atoms with Crippen molar-refractivity contribution in [2.45, 2.75) is 29.2 Å². The summed E-state index contributed by atoms with van der Waals surface area (Å²) < 4.78 is 32.3. The second-order valence-corrected chi connectivity index (χ2v) is 8.11. The topological polar surface area (TPSA) is 60.4 Å². The van der Waals surface area contributed by atoms with E-state index in [0.29, 0.717) is 5.56 Å². The van der Waals surface area contributed by atoms with Crippen molar-refractivity contribution >= 4 is 16.1 Å². The van der Waals surface area contributed by atoms with E-state index in [4.69, 9.17) is 4.74 Å². The van der Waals surface area contributed by atoms with Crippen molar-refractivity contribution in [1.29, 1.82) is 0 Å². The number of carbonyl (C=O) groups is 1. The van der Waals surface area contributed by atoms with Crippen LogP contribution in [0.25, 0.3) is 0 Å². The average molecular weight is 380 g/mol. The van der Waals surface area contributed by atoms with E-state index in [-0.39, 0.29) is 22.1 Å². The van der Waals surface area contributed by atoms with Gasteiger partial charge in [-0.2, -0.15) is 0 Å². The van der Waals surface area contributed by atoms with E-state index in [1.807, 2.05) is 30.3 Å². The Balaban J connectivity index is 2.09. The lowest BCUT2D eigenvalue weighted by Gasteiger charge is -2.18. The zero-order valence-electron chi connectivity index (χ0n) is 14.9. The third-order valence-electron chi connectivity index (χ3n) is 4.27. The van der Waals surface area contributed by atoms with Gasteiger partial charge in [0.15, 0.2) is 0 Å². The van der Waals surface area contributed by atoms with Crippen LogP contribution in [0.15, 0.2) is 88.7 Å². The number of rotatable bonds is 7. The Bertz CT molecular complexity index is 1010. The molecule has 0 amide bonds. The highest BCUT2D eigenvalue weighted by molar-refractivity contribution is 7.91. The van der Waals surface area contributed by atoms with Gasteiger partial charge in [0, 0.05) is 11.5 Å². The molecule has 0 heterocycles. The molecule has 3 aromatic carbocycles. The van der Waals surface area contributed by atoms with Gasteiger partial charge in [-0.25, -0.2) is 8.42 Å². The van der Waals surface area contributed by atoms with Crippen LogP contribution in [0.1, 0.15) is 24.0 Å². The quantitative estimate of drug-likeness (QED) is 0.570. The fourth-order valence-corrected chi connectivity index (χ4v) is 4.24. The van der Waals surface area contributed by atoms with E-state index in [0.717, 1.165) is 11.8 Å². The number of benzene rings is 3. The Morgan fingerprint density at radius 1 is 0.889 bits per heavy atom. The monoisotopic (exact) mass is 380 g/mol. The zero-order chi connectivity index (χ0) is 19.3. The Morgan fingerprint density at radius 2 is 1.52 bits per heavy atom. The van der Waals surface area contributed by atoms with Crippen molar-refractivity contribution < 1.29 is 17.9 Å². The molecule has 0 aliphatic heterocycles. The predicted octanol–water partition coefficient (Wildman–Crippen LogP) is 4.40. The molecule has 1 unspecified atom stereocenters. The number of ether oxygens (including phenoxy) is 1. The van der Waals surface area contributed by atoms with Gasteiger partial charge in [-0.05, 0) is 23.8 Å². The highest BCUT2D eigenvalue weighted by Gasteiger charge is 2.25. The maximum Gasteiger partial charge on any atom is 0.210 e. The Morgan fingerprint density at radius 3 is 2.15 bits per heavy atom. The summed E-state index contributed by atoms with van der Waals surface area (Å²) in [5, 5.41) is 0. The van der Waals surface area contributed by atoms with Crippen molar-refractivity contribution in [2.75, 3.05) is 0 Å². The molecule has 3 aromatic rings. The van der Waals surface area contributed by atoms with Crippen LogP contribution in [0, 0.1) is 0 Å². The highest BCUT2D eigenvalue weighted by atomic mass is 32.2. The molecule has 138 valence electrons. The van der Waals surface area contributed by atoms with Gasteiger partial charge >= 0.3 is 0 Å². The lowest BCUT2D eigenvalue weighted by molar-refractivity contribution is -0.108. The van der Waals surface area contributed by atoms with Crippen LogP contribution in [0.5, 0.6) is 5.75 Å². The van der Waals surface area contributed by atoms with Gasteiger partial charge in [0.1, 0.15) is 23.5 Å². The minimum absolute atomic E-state index is 0.0656. The van der Waals surface area contributed by atoms with Crippen molar-refractivity contribution in [3.8, 4) is 5.75 Å². The van der Waals surface area contributed by atoms with E-state index in [1.54, 1.807) is 49.4 Å². The molecule has 0 aromatic heterocycles. The smallest absolute Gasteiger partial charge is 0.210 e. The standard InChI is InChI=1S/C22H20O4S/c1-17(15-23)20-13-8-14-21(27(24,25)19-11-6-3-7-12-19)22(20)26-16-18-9-4-2-5-10-18/h2-15,17H,16H2,1H3. The molecule has 0 aliphatic carbocycles. The van der Waals surface area contributed by atoms with Gasteiger partial charge in [-0.1, -0.05) is 67.6 Å². The highest BCUT2D eigenvalue weighted by Crippen LogP contribution is 2.36. The van der Waals surface area contributed by atoms with Crippen LogP contribution in [0.2, 0.25) is 0 Å². The van der Waals surface area contributed by atoms with E-state index in [2.05, 4.69) is 0 Å². The van der Waals surface area contributed by atoms with E-state index < -0.39 is 15.8 Å². The van der Waals surface area contributed by atoms with Gasteiger partial charge in [0.2, 0.25) is 9.84 Å². The second kappa shape index (κ2) is 8.18. The summed E-state index contributed by atoms with van der Waals surface area (Å²) >= 11 is 0. The first kappa shape index (κ1) is 18.9. The maximum atomic E-state index is 13.2. The van der Waals surface area contributed by atoms with E-state index >= 15 is 0 Å². The van der Waals surface area contributed by atoms with Gasteiger partial charge in [0.25, 0.3) is 0 Å². The van der Waals surface area contributed by atoms with Gasteiger partial charge in [-0.15, -0.1) is 0 Å². The predicted molar refractivity (Wildman–Crippen MR) is 104 cm³/mol. The van der Waals surface area contributed by atoms with Gasteiger partial charge < -0.3 is 9.53 Å². The third kappa shape index (κ3) is 4.09. The molecule has 0 N–H and O–H groups in total. The normalized spacial score (nSPS) is 12.3. The number of hydrogen-bond acceptors (Lipinski definition) is 4. The first-order chi connectivity index (χ1) is 13.0. The van der Waals surface area contributed by atoms with Gasteiger partial charge in [-0.3, -0.25) is 0 Å². The summed E-state index contributed by atoms with van der Waals surface area (Å²) in [5.41, 5.74) is 1.46. The van der Waals surface area contributed by atoms with Crippen LogP contribution in [0.4, 0.5) is 0 Å². The number of para-hydroxylation sites is 1. The Kier molecular flexibility index (Phi) is 5.72. The molecule has 0 spiro atoms. The summed E-state index contributed by atoms with van der Waals surface area (Å²) in [4.78, 5) is 11.6. The van der Waals surface area contributed by atoms with Crippen molar-refractivity contribution in [1.82, 2.24) is 0 Å². The van der Waals surface area contributed by atoms with E-state index in [9.17, 15) is 13.2 Å². The molecule has 3 rings (SSSR count). The molecular formula is C22H20O4S. The van der Waals surface area contributed by atoms with Crippen LogP contribution in [0.3, 0.4) is 0 Å². The lowest BCUT2D eigenvalue weighted by Crippen LogP contribution is -2.09. The summed E-state index contributed by atoms with van der Waals surface area (Å²) in [5.74, 6) is -0.258. The van der Waals surface area contributed by atoms with Crippen LogP contribution < -0.4 is 4.74 Å². The molecule has 0 bridgehead atoms. The average Bonchev–Trinajstić information content (AvgIpc) is 2.72. The van der Waals surface area contributed by atoms with Crippen molar-refractivity contribution in [3.05, 3.63) is 90.0 Å². The minimum Gasteiger partial charge on any atom is -0.487 e. The SMILES string of the molecule is CC(C=O)c1cccc(S(=O)(=O)c2ccccc2)c1OCc1ccccc1. The molecule has 0 radical (unpaired) electrons. The minimum atomic E-state index is -3.78. The lowest BCUT2D eigenvalue weighted by atomic mass is 10.0. The van der Waals surface area contributed by atoms with E-state index in [1.165, 1.54) is 6.07 Å². The molecule has 5 heteroatoms. The maximum absolute atomic E-state index is 13.2. The first-order valence-corrected chi connectivity index (χ1v) is 10.1. The van der Waals surface area contributed by atoms with Crippen molar-refractivity contribution in [2.24, 2.45) is 0 Å². The molecule has 0 fully saturated rings. The number of sulfone groups is 1. The Hall–Kier alpha value is -2.92. The van der Waals surface area contributed by atoms with Crippen LogP contribution in [-0.2, 0) is 21.2 Å².